The van der Waals surface area contributed by atoms with Gasteiger partial charge in [0.05, 0.1) is 39.0 Å². The number of rotatable bonds is 14. The SMILES string of the molecule is CCC(C(=O)NC)N(Cc1cccc(C)c1)C(=O)CN(c1cc(OC)ccc1OC)S(=O)(=O)c1ccc(OC)c(OC)c1. The van der Waals surface area contributed by atoms with Crippen LogP contribution < -0.4 is 28.6 Å². The van der Waals surface area contributed by atoms with E-state index in [0.29, 0.717) is 17.9 Å². The fourth-order valence-electron chi connectivity index (χ4n) is 4.70. The average Bonchev–Trinajstić information content (AvgIpc) is 3.02. The first-order valence-corrected chi connectivity index (χ1v) is 15.0. The normalized spacial score (nSPS) is 11.7. The van der Waals surface area contributed by atoms with E-state index in [4.69, 9.17) is 18.9 Å². The molecule has 0 heterocycles. The van der Waals surface area contributed by atoms with Gasteiger partial charge in [-0.3, -0.25) is 13.9 Å². The molecule has 11 nitrogen and oxygen atoms in total. The second-order valence-electron chi connectivity index (χ2n) is 9.62. The molecule has 0 spiro atoms. The lowest BCUT2D eigenvalue weighted by Crippen LogP contribution is -2.51. The molecule has 1 unspecified atom stereocenters. The fourth-order valence-corrected chi connectivity index (χ4v) is 6.14. The zero-order chi connectivity index (χ0) is 31.7. The Hall–Kier alpha value is -4.45. The number of hydrogen-bond acceptors (Lipinski definition) is 8. The Kier molecular flexibility index (Phi) is 11.2. The predicted octanol–water partition coefficient (Wildman–Crippen LogP) is 3.78. The van der Waals surface area contributed by atoms with Crippen LogP contribution in [0.25, 0.3) is 0 Å². The number of benzene rings is 3. The minimum atomic E-state index is -4.42. The van der Waals surface area contributed by atoms with Crippen molar-refractivity contribution in [3.63, 3.8) is 0 Å². The molecule has 1 atom stereocenters. The van der Waals surface area contributed by atoms with Crippen molar-refractivity contribution in [2.75, 3.05) is 46.3 Å². The lowest BCUT2D eigenvalue weighted by atomic mass is 10.1. The molecule has 0 aromatic heterocycles. The number of sulfonamides is 1. The third-order valence-electron chi connectivity index (χ3n) is 6.94. The van der Waals surface area contributed by atoms with E-state index in [-0.39, 0.29) is 34.5 Å². The van der Waals surface area contributed by atoms with Crippen LogP contribution in [-0.4, -0.2) is 73.2 Å². The molecule has 0 aliphatic heterocycles. The Morgan fingerprint density at radius 3 is 2.12 bits per heavy atom. The van der Waals surface area contributed by atoms with E-state index in [2.05, 4.69) is 5.32 Å². The van der Waals surface area contributed by atoms with E-state index in [1.807, 2.05) is 31.2 Å². The molecule has 12 heteroatoms. The number of likely N-dealkylation sites (N-methyl/N-ethyl adjacent to an activating group) is 1. The summed E-state index contributed by atoms with van der Waals surface area (Å²) in [6.45, 7) is 3.17. The molecule has 0 aliphatic rings. The molecular weight excluding hydrogens is 574 g/mol. The van der Waals surface area contributed by atoms with Gasteiger partial charge in [-0.25, -0.2) is 8.42 Å². The summed E-state index contributed by atoms with van der Waals surface area (Å²) in [4.78, 5) is 28.4. The van der Waals surface area contributed by atoms with Gasteiger partial charge in [-0.2, -0.15) is 0 Å². The van der Waals surface area contributed by atoms with Crippen molar-refractivity contribution in [2.24, 2.45) is 0 Å². The Bertz CT molecular complexity index is 1540. The maximum atomic E-state index is 14.3. The molecule has 0 aliphatic carbocycles. The number of methoxy groups -OCH3 is 4. The van der Waals surface area contributed by atoms with Crippen LogP contribution in [0.4, 0.5) is 5.69 Å². The highest BCUT2D eigenvalue weighted by atomic mass is 32.2. The molecule has 43 heavy (non-hydrogen) atoms. The highest BCUT2D eigenvalue weighted by Crippen LogP contribution is 2.37. The van der Waals surface area contributed by atoms with Crippen LogP contribution in [0, 0.1) is 6.92 Å². The highest BCUT2D eigenvalue weighted by Gasteiger charge is 2.35. The van der Waals surface area contributed by atoms with Crippen LogP contribution in [0.15, 0.2) is 65.6 Å². The third kappa shape index (κ3) is 7.50. The molecule has 0 saturated heterocycles. The molecule has 0 fully saturated rings. The number of amides is 2. The number of carbonyl (C=O) groups excluding carboxylic acids is 2. The van der Waals surface area contributed by atoms with E-state index >= 15 is 0 Å². The summed E-state index contributed by atoms with van der Waals surface area (Å²) in [7, 11) is 2.76. The third-order valence-corrected chi connectivity index (χ3v) is 8.70. The van der Waals surface area contributed by atoms with Crippen molar-refractivity contribution in [2.45, 2.75) is 37.8 Å². The summed E-state index contributed by atoms with van der Waals surface area (Å²) >= 11 is 0. The summed E-state index contributed by atoms with van der Waals surface area (Å²) in [5.41, 5.74) is 1.86. The largest absolute Gasteiger partial charge is 0.497 e. The molecule has 1 N–H and O–H groups in total. The minimum absolute atomic E-state index is 0.0773. The Morgan fingerprint density at radius 1 is 0.860 bits per heavy atom. The van der Waals surface area contributed by atoms with Crippen molar-refractivity contribution in [1.82, 2.24) is 10.2 Å². The van der Waals surface area contributed by atoms with Crippen LogP contribution in [-0.2, 0) is 26.2 Å². The van der Waals surface area contributed by atoms with Crippen molar-refractivity contribution < 1.29 is 37.0 Å². The van der Waals surface area contributed by atoms with Crippen molar-refractivity contribution in [3.05, 3.63) is 71.8 Å². The van der Waals surface area contributed by atoms with Gasteiger partial charge in [0, 0.05) is 25.7 Å². The summed E-state index contributed by atoms with van der Waals surface area (Å²) < 4.78 is 51.2. The van der Waals surface area contributed by atoms with Crippen molar-refractivity contribution >= 4 is 27.5 Å². The van der Waals surface area contributed by atoms with Crippen molar-refractivity contribution in [1.29, 1.82) is 0 Å². The van der Waals surface area contributed by atoms with E-state index in [1.54, 1.807) is 19.1 Å². The number of carbonyl (C=O) groups is 2. The predicted molar refractivity (Wildman–Crippen MR) is 163 cm³/mol. The molecular formula is C31H39N3O8S. The quantitative estimate of drug-likeness (QED) is 0.292. The first-order valence-electron chi connectivity index (χ1n) is 13.6. The van der Waals surface area contributed by atoms with Crippen LogP contribution in [0.2, 0.25) is 0 Å². The number of nitrogens with one attached hydrogen (secondary N) is 1. The zero-order valence-corrected chi connectivity index (χ0v) is 26.4. The molecule has 232 valence electrons. The Labute approximate surface area is 253 Å². The van der Waals surface area contributed by atoms with Gasteiger partial charge in [-0.05, 0) is 43.2 Å². The fraction of sp³-hybridized carbons (Fsp3) is 0.355. The van der Waals surface area contributed by atoms with Gasteiger partial charge >= 0.3 is 0 Å². The van der Waals surface area contributed by atoms with Gasteiger partial charge in [-0.1, -0.05) is 36.8 Å². The maximum Gasteiger partial charge on any atom is 0.265 e. The first kappa shape index (κ1) is 33.1. The molecule has 3 aromatic rings. The summed E-state index contributed by atoms with van der Waals surface area (Å²) in [6, 6.07) is 15.5. The van der Waals surface area contributed by atoms with Crippen LogP contribution in [0.1, 0.15) is 24.5 Å². The molecule has 3 aromatic carbocycles. The standard InChI is InChI=1S/C31H39N3O8S/c1-8-25(31(36)32-3)33(19-22-11-9-10-21(2)16-22)30(35)20-34(26-17-23(39-4)12-14-27(26)40-5)43(37,38)24-13-15-28(41-6)29(18-24)42-7/h9-18,25H,8,19-20H2,1-7H3,(H,32,36). The lowest BCUT2D eigenvalue weighted by molar-refractivity contribution is -0.140. The molecule has 0 saturated carbocycles. The van der Waals surface area contributed by atoms with Crippen LogP contribution in [0.5, 0.6) is 23.0 Å². The molecule has 0 bridgehead atoms. The molecule has 0 radical (unpaired) electrons. The Balaban J connectivity index is 2.20. The average molecular weight is 614 g/mol. The number of anilines is 1. The minimum Gasteiger partial charge on any atom is -0.497 e. The highest BCUT2D eigenvalue weighted by molar-refractivity contribution is 7.92. The summed E-state index contributed by atoms with van der Waals surface area (Å²) in [5.74, 6) is 0.121. The van der Waals surface area contributed by atoms with Gasteiger partial charge in [-0.15, -0.1) is 0 Å². The van der Waals surface area contributed by atoms with Gasteiger partial charge in [0.25, 0.3) is 10.0 Å². The monoisotopic (exact) mass is 613 g/mol. The molecule has 3 rings (SSSR count). The first-order chi connectivity index (χ1) is 20.5. The number of ether oxygens (including phenoxy) is 4. The van der Waals surface area contributed by atoms with E-state index in [0.717, 1.165) is 15.4 Å². The topological polar surface area (TPSA) is 124 Å². The smallest absolute Gasteiger partial charge is 0.265 e. The van der Waals surface area contributed by atoms with Crippen LogP contribution in [0.3, 0.4) is 0 Å². The van der Waals surface area contributed by atoms with Gasteiger partial charge in [0.15, 0.2) is 11.5 Å². The van der Waals surface area contributed by atoms with Gasteiger partial charge < -0.3 is 29.2 Å². The summed E-state index contributed by atoms with van der Waals surface area (Å²) in [5, 5.41) is 2.62. The van der Waals surface area contributed by atoms with E-state index < -0.39 is 28.5 Å². The zero-order valence-electron chi connectivity index (χ0n) is 25.5. The van der Waals surface area contributed by atoms with Gasteiger partial charge in [0.1, 0.15) is 24.1 Å². The maximum absolute atomic E-state index is 14.3. The lowest BCUT2D eigenvalue weighted by Gasteiger charge is -2.33. The van der Waals surface area contributed by atoms with Gasteiger partial charge in [0.2, 0.25) is 11.8 Å². The number of aryl methyl sites for hydroxylation is 1. The van der Waals surface area contributed by atoms with Crippen molar-refractivity contribution in [3.8, 4) is 23.0 Å². The van der Waals surface area contributed by atoms with E-state index in [1.165, 1.54) is 64.7 Å². The summed E-state index contributed by atoms with van der Waals surface area (Å²) in [6.07, 6.45) is 0.308. The second-order valence-corrected chi connectivity index (χ2v) is 11.5. The number of hydrogen-bond donors (Lipinski definition) is 1. The van der Waals surface area contributed by atoms with Crippen LogP contribution >= 0.6 is 0 Å². The Morgan fingerprint density at radius 2 is 1.53 bits per heavy atom. The number of nitrogens with zero attached hydrogens (tertiary/aromatic N) is 2. The van der Waals surface area contributed by atoms with E-state index in [9.17, 15) is 18.0 Å². The second kappa shape index (κ2) is 14.6. The molecule has 2 amide bonds.